The fourth-order valence-corrected chi connectivity index (χ4v) is 5.38. The van der Waals surface area contributed by atoms with E-state index in [1.165, 1.54) is 6.08 Å². The highest BCUT2D eigenvalue weighted by atomic mass is 35.5. The van der Waals surface area contributed by atoms with E-state index in [0.717, 1.165) is 11.1 Å². The first-order valence-corrected chi connectivity index (χ1v) is 11.7. The van der Waals surface area contributed by atoms with Gasteiger partial charge in [0.25, 0.3) is 0 Å². The number of nitrogens with zero attached hydrogens (tertiary/aromatic N) is 1. The summed E-state index contributed by atoms with van der Waals surface area (Å²) in [7, 11) is -0.0535. The molecule has 2 aromatic rings. The van der Waals surface area contributed by atoms with Crippen LogP contribution in [0.25, 0.3) is 6.08 Å². The number of amides is 1. The smallest absolute Gasteiger partial charge is 0.247 e. The van der Waals surface area contributed by atoms with Crippen LogP contribution in [0.4, 0.5) is 0 Å². The molecule has 3 rings (SSSR count). The van der Waals surface area contributed by atoms with Crippen LogP contribution in [0.1, 0.15) is 17.5 Å². The molecule has 0 bridgehead atoms. The van der Waals surface area contributed by atoms with E-state index >= 15 is 0 Å². The Bertz CT molecular complexity index is 1050. The van der Waals surface area contributed by atoms with E-state index in [1.54, 1.807) is 43.4 Å². The predicted octanol–water partition coefficient (Wildman–Crippen LogP) is 3.59. The topological polar surface area (TPSA) is 72.9 Å². The molecule has 1 atom stereocenters. The number of sulfone groups is 1. The Hall–Kier alpha value is -2.51. The van der Waals surface area contributed by atoms with Gasteiger partial charge in [-0.15, -0.1) is 0 Å². The van der Waals surface area contributed by atoms with E-state index in [-0.39, 0.29) is 30.0 Å². The van der Waals surface area contributed by atoms with Crippen molar-refractivity contribution >= 4 is 33.4 Å². The van der Waals surface area contributed by atoms with Crippen LogP contribution in [-0.2, 0) is 21.2 Å². The fraction of sp³-hybridized carbons (Fsp3) is 0.318. The van der Waals surface area contributed by atoms with Gasteiger partial charge in [-0.05, 0) is 41.8 Å². The Balaban J connectivity index is 1.87. The molecule has 1 amide bonds. The van der Waals surface area contributed by atoms with Crippen molar-refractivity contribution in [1.29, 1.82) is 0 Å². The summed E-state index contributed by atoms with van der Waals surface area (Å²) in [6.45, 7) is 0.256. The second kappa shape index (κ2) is 9.53. The van der Waals surface area contributed by atoms with Crippen molar-refractivity contribution in [2.45, 2.75) is 19.0 Å². The first-order chi connectivity index (χ1) is 14.3. The van der Waals surface area contributed by atoms with Crippen LogP contribution in [-0.4, -0.2) is 51.0 Å². The molecule has 0 aromatic heterocycles. The Morgan fingerprint density at radius 1 is 1.17 bits per heavy atom. The average molecular weight is 450 g/mol. The normalized spacial score (nSPS) is 17.8. The number of halogens is 1. The molecule has 0 radical (unpaired) electrons. The number of ether oxygens (including phenoxy) is 2. The predicted molar refractivity (Wildman–Crippen MR) is 118 cm³/mol. The van der Waals surface area contributed by atoms with Crippen molar-refractivity contribution in [2.75, 3.05) is 25.7 Å². The van der Waals surface area contributed by atoms with Gasteiger partial charge in [0.15, 0.2) is 21.3 Å². The molecule has 6 nitrogen and oxygen atoms in total. The Morgan fingerprint density at radius 3 is 2.53 bits per heavy atom. The molecule has 160 valence electrons. The summed E-state index contributed by atoms with van der Waals surface area (Å²) in [5.41, 5.74) is 1.54. The van der Waals surface area contributed by atoms with Gasteiger partial charge in [-0.1, -0.05) is 35.9 Å². The van der Waals surface area contributed by atoms with E-state index < -0.39 is 9.84 Å². The maximum absolute atomic E-state index is 13.1. The Morgan fingerprint density at radius 2 is 1.90 bits per heavy atom. The van der Waals surface area contributed by atoms with Crippen LogP contribution in [0.2, 0.25) is 5.02 Å². The van der Waals surface area contributed by atoms with E-state index in [1.807, 2.05) is 24.3 Å². The van der Waals surface area contributed by atoms with Gasteiger partial charge in [0.05, 0.1) is 25.7 Å². The van der Waals surface area contributed by atoms with Crippen LogP contribution < -0.4 is 9.47 Å². The van der Waals surface area contributed by atoms with Gasteiger partial charge in [0, 0.05) is 23.7 Å². The van der Waals surface area contributed by atoms with Crippen molar-refractivity contribution in [3.8, 4) is 11.5 Å². The van der Waals surface area contributed by atoms with Crippen LogP contribution >= 0.6 is 11.6 Å². The van der Waals surface area contributed by atoms with Gasteiger partial charge in [0.1, 0.15) is 0 Å². The Kier molecular flexibility index (Phi) is 7.05. The minimum Gasteiger partial charge on any atom is -0.493 e. The lowest BCUT2D eigenvalue weighted by Crippen LogP contribution is -2.39. The summed E-state index contributed by atoms with van der Waals surface area (Å²) in [4.78, 5) is 14.6. The number of rotatable bonds is 7. The minimum atomic E-state index is -3.15. The van der Waals surface area contributed by atoms with Crippen molar-refractivity contribution in [2.24, 2.45) is 0 Å². The lowest BCUT2D eigenvalue weighted by atomic mass is 10.1. The zero-order valence-corrected chi connectivity index (χ0v) is 18.4. The van der Waals surface area contributed by atoms with Gasteiger partial charge in [-0.25, -0.2) is 8.42 Å². The number of hydrogen-bond donors (Lipinski definition) is 0. The van der Waals surface area contributed by atoms with Crippen molar-refractivity contribution in [1.82, 2.24) is 4.90 Å². The standard InChI is InChI=1S/C22H24ClNO5S/c1-28-20-9-7-16(13-21(20)29-2)14-24(18-11-12-30(26,27)15-18)22(25)10-8-17-5-3-4-6-19(17)23/h3-10,13,18H,11-12,14-15H2,1-2H3/b10-8+/t18-/m1/s1. The lowest BCUT2D eigenvalue weighted by Gasteiger charge is -2.27. The van der Waals surface area contributed by atoms with Crippen LogP contribution in [0.15, 0.2) is 48.5 Å². The van der Waals surface area contributed by atoms with E-state index in [9.17, 15) is 13.2 Å². The highest BCUT2D eigenvalue weighted by Crippen LogP contribution is 2.29. The van der Waals surface area contributed by atoms with Gasteiger partial charge < -0.3 is 14.4 Å². The molecule has 0 aliphatic carbocycles. The molecule has 0 spiro atoms. The number of carbonyl (C=O) groups excluding carboxylic acids is 1. The number of methoxy groups -OCH3 is 2. The Labute approximate surface area is 182 Å². The molecule has 1 heterocycles. The zero-order valence-electron chi connectivity index (χ0n) is 16.9. The zero-order chi connectivity index (χ0) is 21.7. The average Bonchev–Trinajstić information content (AvgIpc) is 3.10. The molecule has 0 N–H and O–H groups in total. The second-order valence-corrected chi connectivity index (χ2v) is 9.70. The largest absolute Gasteiger partial charge is 0.493 e. The summed E-state index contributed by atoms with van der Waals surface area (Å²) in [6.07, 6.45) is 3.50. The molecular formula is C22H24ClNO5S. The summed E-state index contributed by atoms with van der Waals surface area (Å²) >= 11 is 6.16. The minimum absolute atomic E-state index is 0.0358. The van der Waals surface area contributed by atoms with Crippen molar-refractivity contribution < 1.29 is 22.7 Å². The van der Waals surface area contributed by atoms with Crippen molar-refractivity contribution in [3.63, 3.8) is 0 Å². The number of carbonyl (C=O) groups is 1. The van der Waals surface area contributed by atoms with Gasteiger partial charge in [-0.3, -0.25) is 4.79 Å². The monoisotopic (exact) mass is 449 g/mol. The number of benzene rings is 2. The molecule has 30 heavy (non-hydrogen) atoms. The molecule has 1 aliphatic rings. The maximum atomic E-state index is 13.1. The highest BCUT2D eigenvalue weighted by Gasteiger charge is 2.34. The third kappa shape index (κ3) is 5.34. The highest BCUT2D eigenvalue weighted by molar-refractivity contribution is 7.91. The summed E-state index contributed by atoms with van der Waals surface area (Å²) in [5, 5.41) is 0.538. The molecular weight excluding hydrogens is 426 g/mol. The molecule has 0 unspecified atom stereocenters. The molecule has 2 aromatic carbocycles. The van der Waals surface area contributed by atoms with Crippen molar-refractivity contribution in [3.05, 3.63) is 64.7 Å². The summed E-state index contributed by atoms with van der Waals surface area (Å²) in [6, 6.07) is 12.2. The SMILES string of the molecule is COc1ccc(CN(C(=O)/C=C/c2ccccc2Cl)[C@@H]2CCS(=O)(=O)C2)cc1OC. The number of hydrogen-bond acceptors (Lipinski definition) is 5. The van der Waals surface area contributed by atoms with Gasteiger partial charge in [0.2, 0.25) is 5.91 Å². The van der Waals surface area contributed by atoms with Crippen LogP contribution in [0, 0.1) is 0 Å². The van der Waals surface area contributed by atoms with E-state index in [0.29, 0.717) is 22.9 Å². The third-order valence-corrected chi connectivity index (χ3v) is 7.14. The first kappa shape index (κ1) is 22.2. The maximum Gasteiger partial charge on any atom is 0.247 e. The third-order valence-electron chi connectivity index (χ3n) is 5.04. The lowest BCUT2D eigenvalue weighted by molar-refractivity contribution is -0.128. The fourth-order valence-electron chi connectivity index (χ4n) is 3.45. The van der Waals surface area contributed by atoms with Crippen LogP contribution in [0.3, 0.4) is 0 Å². The molecule has 1 saturated heterocycles. The van der Waals surface area contributed by atoms with E-state index in [4.69, 9.17) is 21.1 Å². The molecule has 1 aliphatic heterocycles. The second-order valence-electron chi connectivity index (χ2n) is 7.07. The first-order valence-electron chi connectivity index (χ1n) is 9.47. The van der Waals surface area contributed by atoms with Crippen LogP contribution in [0.5, 0.6) is 11.5 Å². The van der Waals surface area contributed by atoms with Gasteiger partial charge in [-0.2, -0.15) is 0 Å². The summed E-state index contributed by atoms with van der Waals surface area (Å²) < 4.78 is 34.6. The molecule has 1 fully saturated rings. The van der Waals surface area contributed by atoms with E-state index in [2.05, 4.69) is 0 Å². The molecule has 0 saturated carbocycles. The summed E-state index contributed by atoms with van der Waals surface area (Å²) in [5.74, 6) is 0.911. The quantitative estimate of drug-likeness (QED) is 0.604. The van der Waals surface area contributed by atoms with Gasteiger partial charge >= 0.3 is 0 Å². The molecule has 8 heteroatoms.